The van der Waals surface area contributed by atoms with Gasteiger partial charge in [0.2, 0.25) is 0 Å². The first-order valence-electron chi connectivity index (χ1n) is 4.24. The third-order valence-electron chi connectivity index (χ3n) is 1.65. The Morgan fingerprint density at radius 1 is 1.64 bits per heavy atom. The summed E-state index contributed by atoms with van der Waals surface area (Å²) in [5.74, 6) is 0. The van der Waals surface area contributed by atoms with Gasteiger partial charge in [-0.3, -0.25) is 0 Å². The smallest absolute Gasteiger partial charge is 0.114 e. The molecule has 1 rings (SSSR count). The second-order valence-corrected chi connectivity index (χ2v) is 5.18. The van der Waals surface area contributed by atoms with E-state index in [1.807, 2.05) is 13.8 Å². The molecule has 0 aliphatic heterocycles. The first-order valence-corrected chi connectivity index (χ1v) is 5.06. The van der Waals surface area contributed by atoms with Gasteiger partial charge in [-0.05, 0) is 26.0 Å². The minimum atomic E-state index is -0.306. The van der Waals surface area contributed by atoms with E-state index in [9.17, 15) is 0 Å². The molecule has 0 aliphatic carbocycles. The lowest BCUT2D eigenvalue weighted by Crippen LogP contribution is -2.20. The first kappa shape index (κ1) is 11.0. The largest absolute Gasteiger partial charge is 0.395 e. The molecule has 1 N–H and O–H groups in total. The van der Waals surface area contributed by atoms with Crippen molar-refractivity contribution in [3.8, 4) is 6.07 Å². The van der Waals surface area contributed by atoms with Gasteiger partial charge in [-0.1, -0.05) is 11.8 Å². The van der Waals surface area contributed by atoms with Crippen LogP contribution >= 0.6 is 11.8 Å². The number of nitrogens with zero attached hydrogens (tertiary/aromatic N) is 2. The highest BCUT2D eigenvalue weighted by Gasteiger charge is 2.20. The maximum atomic E-state index is 9.09. The number of hydrogen-bond acceptors (Lipinski definition) is 4. The van der Waals surface area contributed by atoms with Crippen LogP contribution in [0.4, 0.5) is 0 Å². The zero-order valence-corrected chi connectivity index (χ0v) is 9.01. The molecule has 0 amide bonds. The fourth-order valence-corrected chi connectivity index (χ4v) is 1.78. The van der Waals surface area contributed by atoms with E-state index in [1.54, 1.807) is 18.3 Å². The average Bonchev–Trinajstić information content (AvgIpc) is 2.18. The summed E-state index contributed by atoms with van der Waals surface area (Å²) in [4.78, 5) is 4.11. The number of aliphatic hydroxyl groups excluding tert-OH is 1. The number of aliphatic hydroxyl groups is 1. The van der Waals surface area contributed by atoms with Gasteiger partial charge < -0.3 is 5.11 Å². The predicted molar refractivity (Wildman–Crippen MR) is 56.0 cm³/mol. The van der Waals surface area contributed by atoms with Crippen molar-refractivity contribution >= 4 is 11.8 Å². The molecule has 0 aromatic carbocycles. The highest BCUT2D eigenvalue weighted by molar-refractivity contribution is 8.00. The van der Waals surface area contributed by atoms with Crippen molar-refractivity contribution in [1.82, 2.24) is 4.98 Å². The SMILES string of the molecule is CC(C)(CO)Sc1ncccc1C#N. The molecule has 1 heterocycles. The minimum Gasteiger partial charge on any atom is -0.395 e. The van der Waals surface area contributed by atoms with Crippen LogP contribution in [0.5, 0.6) is 0 Å². The summed E-state index contributed by atoms with van der Waals surface area (Å²) in [5, 5.41) is 18.6. The van der Waals surface area contributed by atoms with Crippen LogP contribution < -0.4 is 0 Å². The molecule has 0 atom stereocenters. The number of thioether (sulfide) groups is 1. The van der Waals surface area contributed by atoms with E-state index >= 15 is 0 Å². The molecule has 0 bridgehead atoms. The van der Waals surface area contributed by atoms with Gasteiger partial charge in [0, 0.05) is 10.9 Å². The Balaban J connectivity index is 2.92. The Morgan fingerprint density at radius 2 is 2.36 bits per heavy atom. The van der Waals surface area contributed by atoms with Crippen LogP contribution in [0.1, 0.15) is 19.4 Å². The fraction of sp³-hybridized carbons (Fsp3) is 0.400. The van der Waals surface area contributed by atoms with E-state index in [-0.39, 0.29) is 11.4 Å². The molecule has 0 saturated carbocycles. The van der Waals surface area contributed by atoms with Crippen molar-refractivity contribution in [2.75, 3.05) is 6.61 Å². The van der Waals surface area contributed by atoms with E-state index < -0.39 is 0 Å². The molecular formula is C10H12N2OS. The third kappa shape index (κ3) is 2.72. The molecule has 0 unspecified atom stereocenters. The van der Waals surface area contributed by atoms with Crippen molar-refractivity contribution in [3.63, 3.8) is 0 Å². The van der Waals surface area contributed by atoms with E-state index in [0.717, 1.165) is 0 Å². The van der Waals surface area contributed by atoms with E-state index in [2.05, 4.69) is 11.1 Å². The maximum Gasteiger partial charge on any atom is 0.114 e. The monoisotopic (exact) mass is 208 g/mol. The summed E-state index contributed by atoms with van der Waals surface area (Å²) in [6.07, 6.45) is 1.65. The quantitative estimate of drug-likeness (QED) is 0.770. The number of aromatic nitrogens is 1. The zero-order chi connectivity index (χ0) is 10.6. The summed E-state index contributed by atoms with van der Waals surface area (Å²) in [6.45, 7) is 3.88. The summed E-state index contributed by atoms with van der Waals surface area (Å²) in [5.41, 5.74) is 0.555. The van der Waals surface area contributed by atoms with Gasteiger partial charge in [-0.2, -0.15) is 5.26 Å². The van der Waals surface area contributed by atoms with Crippen LogP contribution in [-0.4, -0.2) is 21.4 Å². The number of pyridine rings is 1. The van der Waals surface area contributed by atoms with Crippen molar-refractivity contribution in [2.45, 2.75) is 23.6 Å². The Morgan fingerprint density at radius 3 is 2.93 bits per heavy atom. The third-order valence-corrected chi connectivity index (χ3v) is 2.85. The summed E-state index contributed by atoms with van der Waals surface area (Å²) in [7, 11) is 0. The molecule has 4 heteroatoms. The van der Waals surface area contributed by atoms with Crippen LogP contribution in [-0.2, 0) is 0 Å². The van der Waals surface area contributed by atoms with Crippen LogP contribution in [0.15, 0.2) is 23.4 Å². The summed E-state index contributed by atoms with van der Waals surface area (Å²) in [6, 6.07) is 5.53. The van der Waals surface area contributed by atoms with Crippen LogP contribution in [0.2, 0.25) is 0 Å². The molecule has 0 fully saturated rings. The molecule has 0 saturated heterocycles. The van der Waals surface area contributed by atoms with Crippen molar-refractivity contribution in [2.24, 2.45) is 0 Å². The molecule has 14 heavy (non-hydrogen) atoms. The average molecular weight is 208 g/mol. The van der Waals surface area contributed by atoms with Gasteiger partial charge >= 0.3 is 0 Å². The molecule has 74 valence electrons. The second-order valence-electron chi connectivity index (χ2n) is 3.49. The zero-order valence-electron chi connectivity index (χ0n) is 8.19. The van der Waals surface area contributed by atoms with E-state index in [1.165, 1.54) is 11.8 Å². The Labute approximate surface area is 87.8 Å². The molecule has 1 aromatic rings. The number of nitriles is 1. The molecule has 0 spiro atoms. The molecule has 3 nitrogen and oxygen atoms in total. The molecular weight excluding hydrogens is 196 g/mol. The Hall–Kier alpha value is -1.05. The topological polar surface area (TPSA) is 56.9 Å². The van der Waals surface area contributed by atoms with Crippen molar-refractivity contribution < 1.29 is 5.11 Å². The number of hydrogen-bond donors (Lipinski definition) is 1. The van der Waals surface area contributed by atoms with Crippen molar-refractivity contribution in [3.05, 3.63) is 23.9 Å². The highest BCUT2D eigenvalue weighted by atomic mass is 32.2. The summed E-state index contributed by atoms with van der Waals surface area (Å²) < 4.78 is -0.306. The predicted octanol–water partition coefficient (Wildman–Crippen LogP) is 1.82. The van der Waals surface area contributed by atoms with Crippen LogP contribution in [0.3, 0.4) is 0 Å². The van der Waals surface area contributed by atoms with Gasteiger partial charge in [0.15, 0.2) is 0 Å². The lowest BCUT2D eigenvalue weighted by Gasteiger charge is -2.20. The van der Waals surface area contributed by atoms with Crippen LogP contribution in [0.25, 0.3) is 0 Å². The maximum absolute atomic E-state index is 9.09. The first-order chi connectivity index (χ1) is 6.59. The molecule has 1 aromatic heterocycles. The van der Waals surface area contributed by atoms with Gasteiger partial charge in [0.25, 0.3) is 0 Å². The van der Waals surface area contributed by atoms with Gasteiger partial charge in [-0.15, -0.1) is 0 Å². The number of rotatable bonds is 3. The normalized spacial score (nSPS) is 11.0. The van der Waals surface area contributed by atoms with Gasteiger partial charge in [0.05, 0.1) is 12.2 Å². The van der Waals surface area contributed by atoms with E-state index in [0.29, 0.717) is 10.6 Å². The fourth-order valence-electron chi connectivity index (χ4n) is 0.851. The Kier molecular flexibility index (Phi) is 3.50. The lowest BCUT2D eigenvalue weighted by atomic mass is 10.2. The van der Waals surface area contributed by atoms with Gasteiger partial charge in [0.1, 0.15) is 11.1 Å². The van der Waals surface area contributed by atoms with Gasteiger partial charge in [-0.25, -0.2) is 4.98 Å². The minimum absolute atomic E-state index is 0.0547. The highest BCUT2D eigenvalue weighted by Crippen LogP contribution is 2.32. The standard InChI is InChI=1S/C10H12N2OS/c1-10(2,7-13)14-9-8(6-11)4-3-5-12-9/h3-5,13H,7H2,1-2H3. The molecule has 0 aliphatic rings. The second kappa shape index (κ2) is 4.45. The Bertz CT molecular complexity index is 357. The molecule has 0 radical (unpaired) electrons. The van der Waals surface area contributed by atoms with E-state index in [4.69, 9.17) is 10.4 Å². The summed E-state index contributed by atoms with van der Waals surface area (Å²) >= 11 is 1.41. The van der Waals surface area contributed by atoms with Crippen molar-refractivity contribution in [1.29, 1.82) is 5.26 Å². The van der Waals surface area contributed by atoms with Crippen LogP contribution in [0, 0.1) is 11.3 Å². The lowest BCUT2D eigenvalue weighted by molar-refractivity contribution is 0.265.